The fourth-order valence-corrected chi connectivity index (χ4v) is 2.37. The maximum Gasteiger partial charge on any atom is 0.133 e. The Morgan fingerprint density at radius 2 is 2.05 bits per heavy atom. The third kappa shape index (κ3) is 3.67. The molecule has 2 aromatic rings. The van der Waals surface area contributed by atoms with Gasteiger partial charge in [-0.1, -0.05) is 13.0 Å². The maximum absolute atomic E-state index is 14.3. The monoisotopic (exact) mass is 293 g/mol. The van der Waals surface area contributed by atoms with Gasteiger partial charge in [0.15, 0.2) is 0 Å². The summed E-state index contributed by atoms with van der Waals surface area (Å²) in [6, 6.07) is 4.24. The van der Waals surface area contributed by atoms with Crippen LogP contribution in [0.25, 0.3) is 0 Å². The summed E-state index contributed by atoms with van der Waals surface area (Å²) in [4.78, 5) is 0. The van der Waals surface area contributed by atoms with Gasteiger partial charge in [-0.15, -0.1) is 0 Å². The maximum atomic E-state index is 14.3. The minimum atomic E-state index is -0.511. The molecule has 3 nitrogen and oxygen atoms in total. The van der Waals surface area contributed by atoms with Crippen molar-refractivity contribution in [1.29, 1.82) is 0 Å². The Hall–Kier alpha value is -1.75. The fourth-order valence-electron chi connectivity index (χ4n) is 2.37. The lowest BCUT2D eigenvalue weighted by atomic mass is 9.98. The second-order valence-corrected chi connectivity index (χ2v) is 5.28. The molecule has 114 valence electrons. The van der Waals surface area contributed by atoms with Crippen molar-refractivity contribution in [2.24, 2.45) is 7.05 Å². The minimum absolute atomic E-state index is 0.106. The molecule has 1 N–H and O–H groups in total. The first kappa shape index (κ1) is 15.6. The smallest absolute Gasteiger partial charge is 0.133 e. The summed E-state index contributed by atoms with van der Waals surface area (Å²) in [7, 11) is 1.83. The van der Waals surface area contributed by atoms with E-state index < -0.39 is 17.7 Å². The number of hydrogen-bond acceptors (Lipinski definition) is 2. The number of benzene rings is 1. The van der Waals surface area contributed by atoms with Gasteiger partial charge in [0.1, 0.15) is 11.6 Å². The van der Waals surface area contributed by atoms with Gasteiger partial charge < -0.3 is 5.32 Å². The van der Waals surface area contributed by atoms with Gasteiger partial charge in [-0.2, -0.15) is 5.10 Å². The Morgan fingerprint density at radius 3 is 2.67 bits per heavy atom. The van der Waals surface area contributed by atoms with Crippen LogP contribution in [0.1, 0.15) is 36.2 Å². The highest BCUT2D eigenvalue weighted by Crippen LogP contribution is 2.26. The molecule has 1 aromatic heterocycles. The van der Waals surface area contributed by atoms with Crippen molar-refractivity contribution in [3.8, 4) is 0 Å². The second kappa shape index (κ2) is 6.80. The minimum Gasteiger partial charge on any atom is -0.309 e. The molecule has 0 aliphatic rings. The van der Waals surface area contributed by atoms with Crippen LogP contribution in [-0.2, 0) is 13.5 Å². The molecule has 1 atom stereocenters. The standard InChI is InChI=1S/C16H21F2N3/c1-4-8-19-14(10-12-7-9-21(3)20-12)15-13(17)6-5-11(2)16(15)18/h5-7,9,14,19H,4,8,10H2,1-3H3. The summed E-state index contributed by atoms with van der Waals surface area (Å²) in [6.07, 6.45) is 3.18. The quantitative estimate of drug-likeness (QED) is 0.885. The zero-order valence-corrected chi connectivity index (χ0v) is 12.7. The molecule has 0 bridgehead atoms. The number of aromatic nitrogens is 2. The van der Waals surface area contributed by atoms with Gasteiger partial charge in [-0.05, 0) is 37.6 Å². The SMILES string of the molecule is CCCNC(Cc1ccn(C)n1)c1c(F)ccc(C)c1F. The number of nitrogens with one attached hydrogen (secondary N) is 1. The van der Waals surface area contributed by atoms with Crippen LogP contribution in [0.4, 0.5) is 8.78 Å². The molecular formula is C16H21F2N3. The summed E-state index contributed by atoms with van der Waals surface area (Å²) in [5.41, 5.74) is 1.37. The van der Waals surface area contributed by atoms with E-state index in [1.54, 1.807) is 11.6 Å². The molecule has 0 amide bonds. The third-order valence-electron chi connectivity index (χ3n) is 3.49. The van der Waals surface area contributed by atoms with Crippen molar-refractivity contribution >= 4 is 0 Å². The summed E-state index contributed by atoms with van der Waals surface area (Å²) >= 11 is 0. The van der Waals surface area contributed by atoms with Gasteiger partial charge in [0.2, 0.25) is 0 Å². The van der Waals surface area contributed by atoms with Gasteiger partial charge in [0.05, 0.1) is 5.69 Å². The molecule has 0 fully saturated rings. The first-order valence-corrected chi connectivity index (χ1v) is 7.19. The van der Waals surface area contributed by atoms with Crippen LogP contribution in [0.5, 0.6) is 0 Å². The van der Waals surface area contributed by atoms with Gasteiger partial charge in [-0.3, -0.25) is 4.68 Å². The van der Waals surface area contributed by atoms with Crippen LogP contribution >= 0.6 is 0 Å². The van der Waals surface area contributed by atoms with Crippen molar-refractivity contribution in [3.63, 3.8) is 0 Å². The summed E-state index contributed by atoms with van der Waals surface area (Å²) in [5, 5.41) is 7.52. The average molecular weight is 293 g/mol. The molecule has 21 heavy (non-hydrogen) atoms. The van der Waals surface area contributed by atoms with E-state index in [9.17, 15) is 8.78 Å². The van der Waals surface area contributed by atoms with Crippen molar-refractivity contribution < 1.29 is 8.78 Å². The molecule has 2 rings (SSSR count). The van der Waals surface area contributed by atoms with Gasteiger partial charge in [-0.25, -0.2) is 8.78 Å². The predicted octanol–water partition coefficient (Wildman–Crippen LogP) is 3.29. The van der Waals surface area contributed by atoms with E-state index in [1.807, 2.05) is 26.2 Å². The van der Waals surface area contributed by atoms with E-state index in [0.717, 1.165) is 12.1 Å². The average Bonchev–Trinajstić information content (AvgIpc) is 2.86. The number of rotatable bonds is 6. The van der Waals surface area contributed by atoms with Crippen molar-refractivity contribution in [2.45, 2.75) is 32.7 Å². The largest absolute Gasteiger partial charge is 0.309 e. The van der Waals surface area contributed by atoms with E-state index in [1.165, 1.54) is 12.1 Å². The Bertz CT molecular complexity index is 608. The second-order valence-electron chi connectivity index (χ2n) is 5.28. The van der Waals surface area contributed by atoms with Crippen molar-refractivity contribution in [3.05, 3.63) is 52.9 Å². The first-order chi connectivity index (χ1) is 10.0. The number of nitrogens with zero attached hydrogens (tertiary/aromatic N) is 2. The van der Waals surface area contributed by atoms with Crippen LogP contribution in [0.15, 0.2) is 24.4 Å². The number of halogens is 2. The van der Waals surface area contributed by atoms with Crippen molar-refractivity contribution in [1.82, 2.24) is 15.1 Å². The lowest BCUT2D eigenvalue weighted by Crippen LogP contribution is -2.26. The van der Waals surface area contributed by atoms with Gasteiger partial charge >= 0.3 is 0 Å². The van der Waals surface area contributed by atoms with Gasteiger partial charge in [0, 0.05) is 31.3 Å². The van der Waals surface area contributed by atoms with Crippen LogP contribution in [-0.4, -0.2) is 16.3 Å². The topological polar surface area (TPSA) is 29.9 Å². The molecule has 1 heterocycles. The number of hydrogen-bond donors (Lipinski definition) is 1. The summed E-state index contributed by atoms with van der Waals surface area (Å²) in [5.74, 6) is -0.984. The van der Waals surface area contributed by atoms with Crippen molar-refractivity contribution in [2.75, 3.05) is 6.54 Å². The van der Waals surface area contributed by atoms with E-state index in [0.29, 0.717) is 18.5 Å². The van der Waals surface area contributed by atoms with Crippen LogP contribution in [0.2, 0.25) is 0 Å². The van der Waals surface area contributed by atoms with E-state index in [4.69, 9.17) is 0 Å². The highest BCUT2D eigenvalue weighted by atomic mass is 19.1. The zero-order chi connectivity index (χ0) is 15.4. The Balaban J connectivity index is 2.33. The molecule has 0 aliphatic heterocycles. The predicted molar refractivity (Wildman–Crippen MR) is 79.0 cm³/mol. The highest BCUT2D eigenvalue weighted by Gasteiger charge is 2.22. The molecule has 0 spiro atoms. The third-order valence-corrected chi connectivity index (χ3v) is 3.49. The normalized spacial score (nSPS) is 12.6. The van der Waals surface area contributed by atoms with E-state index in [-0.39, 0.29) is 5.56 Å². The molecule has 0 radical (unpaired) electrons. The summed E-state index contributed by atoms with van der Waals surface area (Å²) < 4.78 is 30.1. The Kier molecular flexibility index (Phi) is 5.07. The first-order valence-electron chi connectivity index (χ1n) is 7.19. The molecule has 0 aliphatic carbocycles. The van der Waals surface area contributed by atoms with E-state index >= 15 is 0 Å². The number of aryl methyl sites for hydroxylation is 2. The Labute approximate surface area is 124 Å². The van der Waals surface area contributed by atoms with Crippen LogP contribution < -0.4 is 5.32 Å². The van der Waals surface area contributed by atoms with Crippen LogP contribution in [0.3, 0.4) is 0 Å². The summed E-state index contributed by atoms with van der Waals surface area (Å²) in [6.45, 7) is 4.37. The zero-order valence-electron chi connectivity index (χ0n) is 12.7. The molecular weight excluding hydrogens is 272 g/mol. The fraction of sp³-hybridized carbons (Fsp3) is 0.438. The molecule has 1 aromatic carbocycles. The molecule has 1 unspecified atom stereocenters. The molecule has 0 saturated heterocycles. The highest BCUT2D eigenvalue weighted by molar-refractivity contribution is 5.30. The van der Waals surface area contributed by atoms with Crippen LogP contribution in [0, 0.1) is 18.6 Å². The lowest BCUT2D eigenvalue weighted by molar-refractivity contribution is 0.458. The van der Waals surface area contributed by atoms with Gasteiger partial charge in [0.25, 0.3) is 0 Å². The molecule has 0 saturated carbocycles. The van der Waals surface area contributed by atoms with E-state index in [2.05, 4.69) is 10.4 Å². The Morgan fingerprint density at radius 1 is 1.29 bits per heavy atom. The lowest BCUT2D eigenvalue weighted by Gasteiger charge is -2.20. The molecule has 5 heteroatoms.